The van der Waals surface area contributed by atoms with Gasteiger partial charge in [0.15, 0.2) is 0 Å². The standard InChI is InChI=1S/C12H14N2S/c1-2-9-3-5-10(6-4-9)12-7-11(8-13)15-14-12/h3-7H,2,8,13H2,1H3. The summed E-state index contributed by atoms with van der Waals surface area (Å²) in [6.45, 7) is 2.73. The van der Waals surface area contributed by atoms with Gasteiger partial charge < -0.3 is 5.73 Å². The Kier molecular flexibility index (Phi) is 3.14. The van der Waals surface area contributed by atoms with Gasteiger partial charge in [-0.05, 0) is 29.6 Å². The van der Waals surface area contributed by atoms with E-state index in [1.807, 2.05) is 0 Å². The second-order valence-electron chi connectivity index (χ2n) is 3.43. The van der Waals surface area contributed by atoms with Gasteiger partial charge in [0, 0.05) is 17.0 Å². The molecule has 0 atom stereocenters. The van der Waals surface area contributed by atoms with Gasteiger partial charge in [-0.25, -0.2) is 0 Å². The zero-order chi connectivity index (χ0) is 10.7. The fourth-order valence-electron chi connectivity index (χ4n) is 1.46. The Hall–Kier alpha value is -1.19. The van der Waals surface area contributed by atoms with Crippen LogP contribution in [-0.4, -0.2) is 4.37 Å². The van der Waals surface area contributed by atoms with Crippen molar-refractivity contribution < 1.29 is 0 Å². The van der Waals surface area contributed by atoms with Crippen molar-refractivity contribution in [3.8, 4) is 11.3 Å². The first-order valence-corrected chi connectivity index (χ1v) is 5.85. The van der Waals surface area contributed by atoms with Crippen LogP contribution in [-0.2, 0) is 13.0 Å². The van der Waals surface area contributed by atoms with Gasteiger partial charge in [0.05, 0.1) is 5.69 Å². The van der Waals surface area contributed by atoms with Crippen LogP contribution in [0.2, 0.25) is 0 Å². The number of rotatable bonds is 3. The van der Waals surface area contributed by atoms with Gasteiger partial charge in [0.25, 0.3) is 0 Å². The Labute approximate surface area is 93.9 Å². The average Bonchev–Trinajstić information content (AvgIpc) is 2.78. The summed E-state index contributed by atoms with van der Waals surface area (Å²) in [7, 11) is 0. The molecule has 0 amide bonds. The molecule has 0 aliphatic heterocycles. The third kappa shape index (κ3) is 2.25. The molecule has 78 valence electrons. The van der Waals surface area contributed by atoms with Gasteiger partial charge in [0.1, 0.15) is 0 Å². The van der Waals surface area contributed by atoms with Gasteiger partial charge in [-0.15, -0.1) is 0 Å². The molecule has 0 saturated carbocycles. The zero-order valence-electron chi connectivity index (χ0n) is 8.73. The second kappa shape index (κ2) is 4.55. The van der Waals surface area contributed by atoms with E-state index in [9.17, 15) is 0 Å². The van der Waals surface area contributed by atoms with E-state index in [1.165, 1.54) is 22.7 Å². The summed E-state index contributed by atoms with van der Waals surface area (Å²) >= 11 is 1.48. The van der Waals surface area contributed by atoms with Crippen LogP contribution in [0.3, 0.4) is 0 Å². The predicted molar refractivity (Wildman–Crippen MR) is 64.8 cm³/mol. The summed E-state index contributed by atoms with van der Waals surface area (Å²) in [5, 5.41) is 0. The first-order chi connectivity index (χ1) is 7.33. The van der Waals surface area contributed by atoms with Crippen LogP contribution in [0.25, 0.3) is 11.3 Å². The third-order valence-corrected chi connectivity index (χ3v) is 3.23. The lowest BCUT2D eigenvalue weighted by molar-refractivity contribution is 1.11. The summed E-state index contributed by atoms with van der Waals surface area (Å²) in [5.41, 5.74) is 9.11. The van der Waals surface area contributed by atoms with Crippen molar-refractivity contribution in [1.82, 2.24) is 4.37 Å². The van der Waals surface area contributed by atoms with Crippen LogP contribution in [0.1, 0.15) is 17.4 Å². The van der Waals surface area contributed by atoms with Crippen molar-refractivity contribution in [2.45, 2.75) is 19.9 Å². The van der Waals surface area contributed by atoms with Crippen LogP contribution in [0, 0.1) is 0 Å². The van der Waals surface area contributed by atoms with E-state index >= 15 is 0 Å². The van der Waals surface area contributed by atoms with Gasteiger partial charge in [-0.2, -0.15) is 4.37 Å². The minimum absolute atomic E-state index is 0.574. The molecule has 2 N–H and O–H groups in total. The molecule has 0 bridgehead atoms. The summed E-state index contributed by atoms with van der Waals surface area (Å²) in [6.07, 6.45) is 1.07. The highest BCUT2D eigenvalue weighted by Gasteiger charge is 2.02. The van der Waals surface area contributed by atoms with Crippen LogP contribution < -0.4 is 5.73 Å². The van der Waals surface area contributed by atoms with Crippen LogP contribution in [0.4, 0.5) is 0 Å². The summed E-state index contributed by atoms with van der Waals surface area (Å²) in [6, 6.07) is 10.6. The van der Waals surface area contributed by atoms with Gasteiger partial charge in [-0.1, -0.05) is 31.2 Å². The second-order valence-corrected chi connectivity index (χ2v) is 4.32. The molecule has 3 heteroatoms. The Balaban J connectivity index is 2.28. The zero-order valence-corrected chi connectivity index (χ0v) is 9.55. The number of aryl methyl sites for hydroxylation is 1. The lowest BCUT2D eigenvalue weighted by atomic mass is 10.1. The SMILES string of the molecule is CCc1ccc(-c2cc(CN)sn2)cc1. The predicted octanol–water partition coefficient (Wildman–Crippen LogP) is 2.83. The molecule has 1 heterocycles. The lowest BCUT2D eigenvalue weighted by Crippen LogP contribution is -1.91. The molecule has 0 radical (unpaired) electrons. The van der Waals surface area contributed by atoms with Crippen molar-refractivity contribution in [1.29, 1.82) is 0 Å². The molecule has 0 unspecified atom stereocenters. The quantitative estimate of drug-likeness (QED) is 0.860. The van der Waals surface area contributed by atoms with E-state index in [0.29, 0.717) is 6.54 Å². The number of hydrogen-bond donors (Lipinski definition) is 1. The Morgan fingerprint density at radius 3 is 2.53 bits per heavy atom. The number of nitrogens with two attached hydrogens (primary N) is 1. The van der Waals surface area contributed by atoms with Gasteiger partial charge in [-0.3, -0.25) is 0 Å². The van der Waals surface area contributed by atoms with E-state index in [1.54, 1.807) is 0 Å². The van der Waals surface area contributed by atoms with Crippen molar-refractivity contribution >= 4 is 11.5 Å². The number of nitrogens with zero attached hydrogens (tertiary/aromatic N) is 1. The summed E-state index contributed by atoms with van der Waals surface area (Å²) < 4.78 is 4.37. The largest absolute Gasteiger partial charge is 0.326 e. The van der Waals surface area contributed by atoms with Crippen LogP contribution in [0.5, 0.6) is 0 Å². The molecular weight excluding hydrogens is 204 g/mol. The first kappa shape index (κ1) is 10.3. The molecule has 2 aromatic rings. The van der Waals surface area contributed by atoms with Crippen molar-refractivity contribution in [3.05, 3.63) is 40.8 Å². The lowest BCUT2D eigenvalue weighted by Gasteiger charge is -1.98. The topological polar surface area (TPSA) is 38.9 Å². The molecule has 1 aromatic carbocycles. The molecular formula is C12H14N2S. The monoisotopic (exact) mass is 218 g/mol. The highest BCUT2D eigenvalue weighted by Crippen LogP contribution is 2.22. The highest BCUT2D eigenvalue weighted by molar-refractivity contribution is 7.06. The van der Waals surface area contributed by atoms with Crippen LogP contribution in [0.15, 0.2) is 30.3 Å². The van der Waals surface area contributed by atoms with E-state index in [2.05, 4.69) is 41.6 Å². The summed E-state index contributed by atoms with van der Waals surface area (Å²) in [4.78, 5) is 1.13. The molecule has 0 fully saturated rings. The maximum Gasteiger partial charge on any atom is 0.0844 e. The normalized spacial score (nSPS) is 10.5. The van der Waals surface area contributed by atoms with E-state index in [4.69, 9.17) is 5.73 Å². The third-order valence-electron chi connectivity index (χ3n) is 2.42. The van der Waals surface area contributed by atoms with Gasteiger partial charge >= 0.3 is 0 Å². The van der Waals surface area contributed by atoms with E-state index < -0.39 is 0 Å². The Morgan fingerprint density at radius 2 is 2.00 bits per heavy atom. The molecule has 0 aliphatic rings. The van der Waals surface area contributed by atoms with Crippen molar-refractivity contribution in [3.63, 3.8) is 0 Å². The van der Waals surface area contributed by atoms with E-state index in [-0.39, 0.29) is 0 Å². The first-order valence-electron chi connectivity index (χ1n) is 5.08. The maximum atomic E-state index is 5.56. The average molecular weight is 218 g/mol. The smallest absolute Gasteiger partial charge is 0.0844 e. The molecule has 0 saturated heterocycles. The molecule has 2 nitrogen and oxygen atoms in total. The number of benzene rings is 1. The van der Waals surface area contributed by atoms with Gasteiger partial charge in [0.2, 0.25) is 0 Å². The number of aromatic nitrogens is 1. The Morgan fingerprint density at radius 1 is 1.27 bits per heavy atom. The molecule has 15 heavy (non-hydrogen) atoms. The molecule has 2 rings (SSSR count). The molecule has 1 aromatic heterocycles. The maximum absolute atomic E-state index is 5.56. The summed E-state index contributed by atoms with van der Waals surface area (Å²) in [5.74, 6) is 0. The Bertz CT molecular complexity index is 431. The van der Waals surface area contributed by atoms with E-state index in [0.717, 1.165) is 17.0 Å². The minimum atomic E-state index is 0.574. The van der Waals surface area contributed by atoms with Crippen molar-refractivity contribution in [2.24, 2.45) is 5.73 Å². The highest BCUT2D eigenvalue weighted by atomic mass is 32.1. The molecule has 0 spiro atoms. The van der Waals surface area contributed by atoms with Crippen LogP contribution >= 0.6 is 11.5 Å². The number of hydrogen-bond acceptors (Lipinski definition) is 3. The fraction of sp³-hybridized carbons (Fsp3) is 0.250. The fourth-order valence-corrected chi connectivity index (χ4v) is 2.07. The minimum Gasteiger partial charge on any atom is -0.326 e. The van der Waals surface area contributed by atoms with Crippen molar-refractivity contribution in [2.75, 3.05) is 0 Å². The molecule has 0 aliphatic carbocycles.